The maximum atomic E-state index is 12.2. The van der Waals surface area contributed by atoms with Crippen LogP contribution < -0.4 is 16.4 Å². The van der Waals surface area contributed by atoms with Gasteiger partial charge in [0.05, 0.1) is 24.4 Å². The van der Waals surface area contributed by atoms with E-state index in [0.717, 1.165) is 5.69 Å². The zero-order valence-corrected chi connectivity index (χ0v) is 15.9. The van der Waals surface area contributed by atoms with Crippen molar-refractivity contribution in [3.8, 4) is 0 Å². The van der Waals surface area contributed by atoms with E-state index in [1.54, 1.807) is 11.5 Å². The third kappa shape index (κ3) is 3.47. The molecule has 3 aromatic rings. The number of nitrogens with zero attached hydrogens (tertiary/aromatic N) is 4. The maximum absolute atomic E-state index is 12.2. The first-order valence-corrected chi connectivity index (χ1v) is 9.45. The number of hydrogen-bond donors (Lipinski definition) is 5. The first-order valence-electron chi connectivity index (χ1n) is 9.45. The molecule has 152 valence electrons. The van der Waals surface area contributed by atoms with Gasteiger partial charge in [-0.25, -0.2) is 4.98 Å². The van der Waals surface area contributed by atoms with Crippen molar-refractivity contribution in [3.63, 3.8) is 0 Å². The summed E-state index contributed by atoms with van der Waals surface area (Å²) in [6.07, 6.45) is -0.555. The number of carbonyl (C=O) groups excluding carboxylic acids is 1. The molecule has 0 saturated heterocycles. The zero-order chi connectivity index (χ0) is 20.5. The Morgan fingerprint density at radius 2 is 2.00 bits per heavy atom. The van der Waals surface area contributed by atoms with Crippen LogP contribution in [0.3, 0.4) is 0 Å². The fraction of sp³-hybridized carbons (Fsp3) is 0.368. The molecule has 4 atom stereocenters. The molecule has 1 aromatic carbocycles. The second-order valence-electron chi connectivity index (χ2n) is 7.03. The van der Waals surface area contributed by atoms with Crippen molar-refractivity contribution in [2.24, 2.45) is 5.92 Å². The number of anilines is 3. The molecule has 0 spiro atoms. The van der Waals surface area contributed by atoms with Crippen LogP contribution in [0.25, 0.3) is 11.2 Å². The van der Waals surface area contributed by atoms with Gasteiger partial charge in [0, 0.05) is 12.2 Å². The number of aromatic nitrogens is 4. The van der Waals surface area contributed by atoms with Crippen LogP contribution in [0.15, 0.2) is 36.7 Å². The Hall–Kier alpha value is -3.24. The Bertz CT molecular complexity index is 1020. The van der Waals surface area contributed by atoms with E-state index in [-0.39, 0.29) is 24.1 Å². The highest BCUT2D eigenvalue weighted by Crippen LogP contribution is 2.37. The fourth-order valence-electron chi connectivity index (χ4n) is 3.74. The normalized spacial score (nSPS) is 24.0. The molecule has 10 heteroatoms. The number of amides is 1. The predicted octanol–water partition coefficient (Wildman–Crippen LogP) is 0.571. The lowest BCUT2D eigenvalue weighted by Gasteiger charge is -2.18. The van der Waals surface area contributed by atoms with Gasteiger partial charge in [-0.2, -0.15) is 9.97 Å². The van der Waals surface area contributed by atoms with Gasteiger partial charge in [0.25, 0.3) is 0 Å². The van der Waals surface area contributed by atoms with Crippen molar-refractivity contribution in [2.75, 3.05) is 17.6 Å². The van der Waals surface area contributed by atoms with Crippen LogP contribution in [0.5, 0.6) is 0 Å². The predicted molar refractivity (Wildman–Crippen MR) is 107 cm³/mol. The topological polar surface area (TPSA) is 151 Å². The van der Waals surface area contributed by atoms with Gasteiger partial charge in [0.15, 0.2) is 11.5 Å². The smallest absolute Gasteiger partial charge is 0.231 e. The Labute approximate surface area is 166 Å². The SMILES string of the molecule is CCNC(=O)[C@@H]1C[C@H](n2cnc3c(N)nc(Nc4ccccc4)nc32)[C@@H](O)[C@H]1O. The largest absolute Gasteiger partial charge is 0.390 e. The lowest BCUT2D eigenvalue weighted by molar-refractivity contribution is -0.128. The highest BCUT2D eigenvalue weighted by molar-refractivity contribution is 5.84. The van der Waals surface area contributed by atoms with Crippen molar-refractivity contribution in [1.82, 2.24) is 24.8 Å². The van der Waals surface area contributed by atoms with Gasteiger partial charge in [-0.15, -0.1) is 0 Å². The van der Waals surface area contributed by atoms with Gasteiger partial charge >= 0.3 is 0 Å². The summed E-state index contributed by atoms with van der Waals surface area (Å²) in [7, 11) is 0. The minimum atomic E-state index is -1.18. The fourth-order valence-corrected chi connectivity index (χ4v) is 3.74. The number of aliphatic hydroxyl groups excluding tert-OH is 2. The van der Waals surface area contributed by atoms with Gasteiger partial charge in [-0.1, -0.05) is 18.2 Å². The molecular weight excluding hydrogens is 374 g/mol. The second kappa shape index (κ2) is 7.64. The number of imidazole rings is 1. The first kappa shape index (κ1) is 19.1. The van der Waals surface area contributed by atoms with Crippen LogP contribution in [0.1, 0.15) is 19.4 Å². The quantitative estimate of drug-likeness (QED) is 0.419. The van der Waals surface area contributed by atoms with Gasteiger partial charge in [-0.3, -0.25) is 4.79 Å². The molecule has 0 radical (unpaired) electrons. The zero-order valence-electron chi connectivity index (χ0n) is 15.9. The average molecular weight is 397 g/mol. The van der Waals surface area contributed by atoms with Crippen LogP contribution in [-0.2, 0) is 4.79 Å². The van der Waals surface area contributed by atoms with E-state index in [2.05, 4.69) is 25.6 Å². The summed E-state index contributed by atoms with van der Waals surface area (Å²) in [5, 5.41) is 26.8. The summed E-state index contributed by atoms with van der Waals surface area (Å²) in [5.74, 6) is -0.517. The van der Waals surface area contributed by atoms with Crippen molar-refractivity contribution in [3.05, 3.63) is 36.7 Å². The number of hydrogen-bond acceptors (Lipinski definition) is 8. The van der Waals surface area contributed by atoms with Gasteiger partial charge in [-0.05, 0) is 25.5 Å². The molecule has 2 heterocycles. The minimum absolute atomic E-state index is 0.195. The number of rotatable bonds is 5. The Morgan fingerprint density at radius 3 is 2.72 bits per heavy atom. The van der Waals surface area contributed by atoms with Crippen LogP contribution in [-0.4, -0.2) is 54.4 Å². The molecule has 0 bridgehead atoms. The van der Waals surface area contributed by atoms with Gasteiger partial charge < -0.3 is 31.1 Å². The average Bonchev–Trinajstić information content (AvgIpc) is 3.25. The number of nitrogens with one attached hydrogen (secondary N) is 2. The molecule has 2 aromatic heterocycles. The summed E-state index contributed by atoms with van der Waals surface area (Å²) >= 11 is 0. The summed E-state index contributed by atoms with van der Waals surface area (Å²) in [6, 6.07) is 8.83. The standard InChI is InChI=1S/C19H23N7O3/c1-2-21-18(29)11-8-12(15(28)14(11)27)26-9-22-13-16(20)24-19(25-17(13)26)23-10-6-4-3-5-7-10/h3-7,9,11-12,14-15,27-28H,2,8H2,1H3,(H,21,29)(H3,20,23,24,25)/t11-,12+,14+,15-/m1/s1. The van der Waals surface area contributed by atoms with Crippen molar-refractivity contribution in [2.45, 2.75) is 31.6 Å². The van der Waals surface area contributed by atoms with Crippen LogP contribution in [0.4, 0.5) is 17.5 Å². The molecule has 0 aliphatic heterocycles. The Balaban J connectivity index is 1.68. The van der Waals surface area contributed by atoms with Crippen molar-refractivity contribution >= 4 is 34.5 Å². The number of para-hydroxylation sites is 1. The van der Waals surface area contributed by atoms with E-state index in [1.807, 2.05) is 30.3 Å². The van der Waals surface area contributed by atoms with Gasteiger partial charge in [0.2, 0.25) is 11.9 Å². The number of nitrogens with two attached hydrogens (primary N) is 1. The number of fused-ring (bicyclic) bond motifs is 1. The van der Waals surface area contributed by atoms with Crippen molar-refractivity contribution in [1.29, 1.82) is 0 Å². The van der Waals surface area contributed by atoms with Gasteiger partial charge in [0.1, 0.15) is 11.6 Å². The molecule has 1 amide bonds. The number of benzene rings is 1. The summed E-state index contributed by atoms with van der Waals surface area (Å²) in [6.45, 7) is 2.26. The third-order valence-electron chi connectivity index (χ3n) is 5.18. The first-order chi connectivity index (χ1) is 14.0. The maximum Gasteiger partial charge on any atom is 0.231 e. The lowest BCUT2D eigenvalue weighted by atomic mass is 10.0. The van der Waals surface area contributed by atoms with E-state index in [4.69, 9.17) is 5.73 Å². The molecule has 1 fully saturated rings. The molecule has 6 N–H and O–H groups in total. The minimum Gasteiger partial charge on any atom is -0.390 e. The van der Waals surface area contributed by atoms with Crippen LogP contribution in [0, 0.1) is 5.92 Å². The van der Waals surface area contributed by atoms with Crippen molar-refractivity contribution < 1.29 is 15.0 Å². The molecule has 1 aliphatic rings. The number of nitrogen functional groups attached to an aromatic ring is 1. The van der Waals surface area contributed by atoms with Crippen LogP contribution in [0.2, 0.25) is 0 Å². The molecular formula is C19H23N7O3. The highest BCUT2D eigenvalue weighted by atomic mass is 16.3. The Kier molecular flexibility index (Phi) is 5.03. The van der Waals surface area contributed by atoms with E-state index in [0.29, 0.717) is 17.7 Å². The summed E-state index contributed by atoms with van der Waals surface area (Å²) < 4.78 is 1.65. The monoisotopic (exact) mass is 397 g/mol. The summed E-state index contributed by atoms with van der Waals surface area (Å²) in [5.41, 5.74) is 7.67. The third-order valence-corrected chi connectivity index (χ3v) is 5.18. The molecule has 0 unspecified atom stereocenters. The molecule has 10 nitrogen and oxygen atoms in total. The molecule has 4 rings (SSSR count). The molecule has 1 aliphatic carbocycles. The van der Waals surface area contributed by atoms with E-state index < -0.39 is 24.2 Å². The summed E-state index contributed by atoms with van der Waals surface area (Å²) in [4.78, 5) is 25.2. The number of carbonyl (C=O) groups is 1. The molecule has 29 heavy (non-hydrogen) atoms. The van der Waals surface area contributed by atoms with E-state index >= 15 is 0 Å². The second-order valence-corrected chi connectivity index (χ2v) is 7.03. The Morgan fingerprint density at radius 1 is 1.24 bits per heavy atom. The van der Waals surface area contributed by atoms with E-state index in [1.165, 1.54) is 6.33 Å². The van der Waals surface area contributed by atoms with Crippen LogP contribution >= 0.6 is 0 Å². The van der Waals surface area contributed by atoms with E-state index in [9.17, 15) is 15.0 Å². The lowest BCUT2D eigenvalue weighted by Crippen LogP contribution is -2.38. The highest BCUT2D eigenvalue weighted by Gasteiger charge is 2.46. The number of aliphatic hydroxyl groups is 2. The molecule has 1 saturated carbocycles.